The van der Waals surface area contributed by atoms with Crippen LogP contribution in [-0.2, 0) is 4.74 Å². The van der Waals surface area contributed by atoms with E-state index < -0.39 is 0 Å². The number of hydrogen-bond acceptors (Lipinski definition) is 5. The molecule has 0 saturated heterocycles. The lowest BCUT2D eigenvalue weighted by molar-refractivity contribution is 0.0920. The molecule has 1 aromatic carbocycles. The summed E-state index contributed by atoms with van der Waals surface area (Å²) in [5.74, 6) is 0.896. The predicted molar refractivity (Wildman–Crippen MR) is 99.4 cm³/mol. The van der Waals surface area contributed by atoms with Gasteiger partial charge in [-0.05, 0) is 26.3 Å². The van der Waals surface area contributed by atoms with Crippen LogP contribution in [0.15, 0.2) is 41.0 Å². The number of thiophene rings is 1. The minimum atomic E-state index is 0.269. The van der Waals surface area contributed by atoms with Crippen molar-refractivity contribution in [3.8, 4) is 11.1 Å². The summed E-state index contributed by atoms with van der Waals surface area (Å²) >= 11 is 3.41. The fraction of sp³-hybridized carbons (Fsp3) is 0.333. The molecule has 0 aliphatic heterocycles. The van der Waals surface area contributed by atoms with Crippen molar-refractivity contribution in [3.05, 3.63) is 41.5 Å². The van der Waals surface area contributed by atoms with Crippen molar-refractivity contribution in [1.82, 2.24) is 9.97 Å². The highest BCUT2D eigenvalue weighted by molar-refractivity contribution is 7.99. The van der Waals surface area contributed by atoms with Crippen molar-refractivity contribution >= 4 is 33.3 Å². The van der Waals surface area contributed by atoms with Crippen molar-refractivity contribution in [2.45, 2.75) is 31.9 Å². The molecule has 3 nitrogen and oxygen atoms in total. The van der Waals surface area contributed by atoms with Gasteiger partial charge in [-0.2, -0.15) is 0 Å². The van der Waals surface area contributed by atoms with E-state index >= 15 is 0 Å². The molecule has 5 heteroatoms. The van der Waals surface area contributed by atoms with Crippen LogP contribution in [0.25, 0.3) is 21.3 Å². The first-order valence-electron chi connectivity index (χ1n) is 7.69. The standard InChI is InChI=1S/C18H20N2OS2/c1-12(2)21-8-9-22-17-16-15(10-23-18(16)20-11-19-17)14-6-4-13(3)5-7-14/h4-7,10-12H,8-9H2,1-3H3. The van der Waals surface area contributed by atoms with Crippen molar-refractivity contribution < 1.29 is 4.74 Å². The van der Waals surface area contributed by atoms with Gasteiger partial charge < -0.3 is 4.74 Å². The molecule has 0 fully saturated rings. The fourth-order valence-corrected chi connectivity index (χ4v) is 4.15. The Labute approximate surface area is 145 Å². The van der Waals surface area contributed by atoms with Crippen LogP contribution in [0.2, 0.25) is 0 Å². The minimum Gasteiger partial charge on any atom is -0.378 e. The molecular weight excluding hydrogens is 324 g/mol. The van der Waals surface area contributed by atoms with Gasteiger partial charge in [-0.25, -0.2) is 9.97 Å². The lowest BCUT2D eigenvalue weighted by Crippen LogP contribution is -2.05. The Hall–Kier alpha value is -1.43. The molecule has 0 bridgehead atoms. The summed E-state index contributed by atoms with van der Waals surface area (Å²) in [6.45, 7) is 6.95. The first kappa shape index (κ1) is 16.4. The predicted octanol–water partition coefficient (Wildman–Crippen LogP) is 5.18. The average Bonchev–Trinajstić information content (AvgIpc) is 2.97. The van der Waals surface area contributed by atoms with E-state index in [1.165, 1.54) is 16.7 Å². The van der Waals surface area contributed by atoms with Crippen LogP contribution in [0.3, 0.4) is 0 Å². The molecule has 0 amide bonds. The van der Waals surface area contributed by atoms with Crippen molar-refractivity contribution in [1.29, 1.82) is 0 Å². The third-order valence-electron chi connectivity index (χ3n) is 3.47. The van der Waals surface area contributed by atoms with E-state index in [1.54, 1.807) is 29.4 Å². The van der Waals surface area contributed by atoms with Gasteiger partial charge in [-0.3, -0.25) is 0 Å². The van der Waals surface area contributed by atoms with E-state index in [9.17, 15) is 0 Å². The van der Waals surface area contributed by atoms with Crippen molar-refractivity contribution in [3.63, 3.8) is 0 Å². The van der Waals surface area contributed by atoms with Crippen LogP contribution in [0.5, 0.6) is 0 Å². The first-order chi connectivity index (χ1) is 11.1. The summed E-state index contributed by atoms with van der Waals surface area (Å²) in [6, 6.07) is 8.62. The number of aromatic nitrogens is 2. The van der Waals surface area contributed by atoms with Crippen LogP contribution in [0.4, 0.5) is 0 Å². The summed E-state index contributed by atoms with van der Waals surface area (Å²) in [7, 11) is 0. The maximum absolute atomic E-state index is 5.62. The third kappa shape index (κ3) is 3.91. The molecule has 0 spiro atoms. The second-order valence-corrected chi connectivity index (χ2v) is 7.58. The number of benzene rings is 1. The normalized spacial score (nSPS) is 11.5. The maximum Gasteiger partial charge on any atom is 0.128 e. The molecule has 120 valence electrons. The Bertz CT molecular complexity index is 781. The molecule has 0 N–H and O–H groups in total. The summed E-state index contributed by atoms with van der Waals surface area (Å²) in [5, 5.41) is 4.38. The lowest BCUT2D eigenvalue weighted by atomic mass is 10.1. The van der Waals surface area contributed by atoms with Crippen molar-refractivity contribution in [2.24, 2.45) is 0 Å². The molecule has 3 rings (SSSR count). The second-order valence-electron chi connectivity index (χ2n) is 5.64. The van der Waals surface area contributed by atoms with Gasteiger partial charge in [-0.15, -0.1) is 23.1 Å². The molecular formula is C18H20N2OS2. The molecule has 23 heavy (non-hydrogen) atoms. The third-order valence-corrected chi connectivity index (χ3v) is 5.31. The van der Waals surface area contributed by atoms with Gasteiger partial charge in [0.15, 0.2) is 0 Å². The van der Waals surface area contributed by atoms with Gasteiger partial charge in [0, 0.05) is 16.7 Å². The highest BCUT2D eigenvalue weighted by atomic mass is 32.2. The van der Waals surface area contributed by atoms with Crippen LogP contribution in [0.1, 0.15) is 19.4 Å². The van der Waals surface area contributed by atoms with Crippen LogP contribution in [-0.4, -0.2) is 28.4 Å². The van der Waals surface area contributed by atoms with E-state index in [-0.39, 0.29) is 6.10 Å². The average molecular weight is 345 g/mol. The fourth-order valence-electron chi connectivity index (χ4n) is 2.32. The molecule has 0 atom stereocenters. The summed E-state index contributed by atoms with van der Waals surface area (Å²) < 4.78 is 5.62. The minimum absolute atomic E-state index is 0.269. The molecule has 0 radical (unpaired) electrons. The number of ether oxygens (including phenoxy) is 1. The van der Waals surface area contributed by atoms with Crippen molar-refractivity contribution in [2.75, 3.05) is 12.4 Å². The first-order valence-corrected chi connectivity index (χ1v) is 9.55. The summed E-state index contributed by atoms with van der Waals surface area (Å²) in [5.41, 5.74) is 3.71. The van der Waals surface area contributed by atoms with Crippen LogP contribution in [0, 0.1) is 6.92 Å². The smallest absolute Gasteiger partial charge is 0.128 e. The van der Waals surface area contributed by atoms with Crippen LogP contribution < -0.4 is 0 Å². The highest BCUT2D eigenvalue weighted by Crippen LogP contribution is 2.37. The monoisotopic (exact) mass is 344 g/mol. The Morgan fingerprint density at radius 1 is 1.17 bits per heavy atom. The molecule has 3 aromatic rings. The Morgan fingerprint density at radius 3 is 2.70 bits per heavy atom. The van der Waals surface area contributed by atoms with E-state index in [4.69, 9.17) is 4.74 Å². The van der Waals surface area contributed by atoms with E-state index in [0.29, 0.717) is 0 Å². The zero-order valence-corrected chi connectivity index (χ0v) is 15.2. The quantitative estimate of drug-likeness (QED) is 0.350. The molecule has 0 unspecified atom stereocenters. The zero-order chi connectivity index (χ0) is 16.2. The van der Waals surface area contributed by atoms with Crippen LogP contribution >= 0.6 is 23.1 Å². The van der Waals surface area contributed by atoms with E-state index in [1.807, 2.05) is 0 Å². The summed E-state index contributed by atoms with van der Waals surface area (Å²) in [6.07, 6.45) is 1.92. The van der Waals surface area contributed by atoms with E-state index in [2.05, 4.69) is 60.4 Å². The number of fused-ring (bicyclic) bond motifs is 1. The second kappa shape index (κ2) is 7.43. The highest BCUT2D eigenvalue weighted by Gasteiger charge is 2.13. The molecule has 0 aliphatic carbocycles. The lowest BCUT2D eigenvalue weighted by Gasteiger charge is -2.08. The SMILES string of the molecule is Cc1ccc(-c2csc3ncnc(SCCOC(C)C)c23)cc1. The number of rotatable bonds is 6. The zero-order valence-electron chi connectivity index (χ0n) is 13.6. The van der Waals surface area contributed by atoms with E-state index in [0.717, 1.165) is 27.6 Å². The number of hydrogen-bond donors (Lipinski definition) is 0. The van der Waals surface area contributed by atoms with Gasteiger partial charge in [0.2, 0.25) is 0 Å². The topological polar surface area (TPSA) is 35.0 Å². The van der Waals surface area contributed by atoms with Gasteiger partial charge in [0.05, 0.1) is 18.1 Å². The Morgan fingerprint density at radius 2 is 1.96 bits per heavy atom. The Kier molecular flexibility index (Phi) is 5.30. The van der Waals surface area contributed by atoms with Gasteiger partial charge in [0.25, 0.3) is 0 Å². The maximum atomic E-state index is 5.62. The summed E-state index contributed by atoms with van der Waals surface area (Å²) in [4.78, 5) is 9.97. The largest absolute Gasteiger partial charge is 0.378 e. The number of aryl methyl sites for hydroxylation is 1. The van der Waals surface area contributed by atoms with Gasteiger partial charge in [0.1, 0.15) is 16.2 Å². The van der Waals surface area contributed by atoms with Gasteiger partial charge in [-0.1, -0.05) is 29.8 Å². The molecule has 2 aromatic heterocycles. The molecule has 0 saturated carbocycles. The number of nitrogens with zero attached hydrogens (tertiary/aromatic N) is 2. The van der Waals surface area contributed by atoms with Gasteiger partial charge >= 0.3 is 0 Å². The molecule has 0 aliphatic rings. The number of thioether (sulfide) groups is 1. The molecule has 2 heterocycles. The Balaban J connectivity index is 1.89.